The molecule has 1 N–H and O–H groups in total. The molecule has 2 aromatic rings. The Labute approximate surface area is 146 Å². The highest BCUT2D eigenvalue weighted by atomic mass is 32.1. The first-order chi connectivity index (χ1) is 11.6. The van der Waals surface area contributed by atoms with E-state index in [9.17, 15) is 9.59 Å². The van der Waals surface area contributed by atoms with Crippen LogP contribution in [0.15, 0.2) is 48.5 Å². The van der Waals surface area contributed by atoms with E-state index in [0.717, 1.165) is 17.0 Å². The number of nitrogens with zero attached hydrogens (tertiary/aromatic N) is 2. The molecule has 0 saturated heterocycles. The number of nitrogens with one attached hydrogen (secondary N) is 1. The maximum Gasteiger partial charge on any atom is 0.247 e. The van der Waals surface area contributed by atoms with Crippen molar-refractivity contribution in [1.82, 2.24) is 9.88 Å². The lowest BCUT2D eigenvalue weighted by Crippen LogP contribution is -2.34. The van der Waals surface area contributed by atoms with Gasteiger partial charge >= 0.3 is 0 Å². The topological polar surface area (TPSA) is 62.3 Å². The Morgan fingerprint density at radius 2 is 2.17 bits per heavy atom. The molecule has 0 aliphatic rings. The minimum Gasteiger partial charge on any atom is -0.342 e. The van der Waals surface area contributed by atoms with Crippen molar-refractivity contribution >= 4 is 28.8 Å². The first-order valence-corrected chi connectivity index (χ1v) is 8.69. The van der Waals surface area contributed by atoms with Crippen molar-refractivity contribution in [3.8, 4) is 0 Å². The number of hydrogen-bond acceptors (Lipinski definition) is 4. The van der Waals surface area contributed by atoms with Crippen molar-refractivity contribution in [2.75, 3.05) is 18.4 Å². The van der Waals surface area contributed by atoms with Gasteiger partial charge in [-0.15, -0.1) is 11.3 Å². The van der Waals surface area contributed by atoms with Gasteiger partial charge in [-0.2, -0.15) is 0 Å². The summed E-state index contributed by atoms with van der Waals surface area (Å²) in [7, 11) is 0. The second-order valence-corrected chi connectivity index (χ2v) is 6.16. The molecule has 126 valence electrons. The van der Waals surface area contributed by atoms with Crippen molar-refractivity contribution in [1.29, 1.82) is 0 Å². The van der Waals surface area contributed by atoms with E-state index in [-0.39, 0.29) is 18.2 Å². The zero-order valence-corrected chi connectivity index (χ0v) is 14.5. The standard InChI is InChI=1S/C18H21N3O2S/c1-3-16(22)20-15-8-6-5-7-14(15)13-18(23)21(4-2)11-9-17-19-10-12-24-17/h3,5-8,10,12H,1,4,9,11,13H2,2H3,(H,20,22). The van der Waals surface area contributed by atoms with Crippen LogP contribution >= 0.6 is 11.3 Å². The quantitative estimate of drug-likeness (QED) is 0.750. The lowest BCUT2D eigenvalue weighted by atomic mass is 10.1. The molecule has 2 amide bonds. The predicted octanol–water partition coefficient (Wildman–Crippen LogP) is 2.90. The summed E-state index contributed by atoms with van der Waals surface area (Å²) in [6.45, 7) is 6.70. The summed E-state index contributed by atoms with van der Waals surface area (Å²) in [5.74, 6) is -0.250. The monoisotopic (exact) mass is 343 g/mol. The second kappa shape index (κ2) is 8.98. The van der Waals surface area contributed by atoms with E-state index >= 15 is 0 Å². The van der Waals surface area contributed by atoms with Crippen LogP contribution in [0.2, 0.25) is 0 Å². The highest BCUT2D eigenvalue weighted by Gasteiger charge is 2.15. The minimum absolute atomic E-state index is 0.0364. The third-order valence-corrected chi connectivity index (χ3v) is 4.46. The molecule has 0 saturated carbocycles. The summed E-state index contributed by atoms with van der Waals surface area (Å²) in [4.78, 5) is 30.2. The number of para-hydroxylation sites is 1. The van der Waals surface area contributed by atoms with Crippen molar-refractivity contribution in [2.45, 2.75) is 19.8 Å². The highest BCUT2D eigenvalue weighted by molar-refractivity contribution is 7.09. The Bertz CT molecular complexity index is 698. The summed E-state index contributed by atoms with van der Waals surface area (Å²) >= 11 is 1.60. The van der Waals surface area contributed by atoms with Gasteiger partial charge in [-0.25, -0.2) is 4.98 Å². The number of hydrogen-bond donors (Lipinski definition) is 1. The van der Waals surface area contributed by atoms with Gasteiger partial charge in [0.05, 0.1) is 11.4 Å². The Hall–Kier alpha value is -2.47. The SMILES string of the molecule is C=CC(=O)Nc1ccccc1CC(=O)N(CC)CCc1nccs1. The van der Waals surface area contributed by atoms with E-state index in [0.29, 0.717) is 18.8 Å². The van der Waals surface area contributed by atoms with Crippen LogP contribution in [0.3, 0.4) is 0 Å². The van der Waals surface area contributed by atoms with Crippen LogP contribution in [0.5, 0.6) is 0 Å². The number of anilines is 1. The number of likely N-dealkylation sites (N-methyl/N-ethyl adjacent to an activating group) is 1. The molecule has 0 fully saturated rings. The summed E-state index contributed by atoms with van der Waals surface area (Å²) in [6, 6.07) is 7.33. The van der Waals surface area contributed by atoms with Crippen LogP contribution in [-0.2, 0) is 22.4 Å². The molecule has 0 radical (unpaired) electrons. The summed E-state index contributed by atoms with van der Waals surface area (Å²) < 4.78 is 0. The molecule has 1 heterocycles. The number of aromatic nitrogens is 1. The molecular weight excluding hydrogens is 322 g/mol. The smallest absolute Gasteiger partial charge is 0.247 e. The first kappa shape index (κ1) is 17.9. The summed E-state index contributed by atoms with van der Waals surface area (Å²) in [5, 5.41) is 5.70. The van der Waals surface area contributed by atoms with Gasteiger partial charge in [0.25, 0.3) is 0 Å². The van der Waals surface area contributed by atoms with Crippen LogP contribution in [0.4, 0.5) is 5.69 Å². The zero-order valence-electron chi connectivity index (χ0n) is 13.7. The number of thiazole rings is 1. The van der Waals surface area contributed by atoms with Crippen LogP contribution in [0.1, 0.15) is 17.5 Å². The molecule has 0 unspecified atom stereocenters. The van der Waals surface area contributed by atoms with Crippen LogP contribution < -0.4 is 5.32 Å². The second-order valence-electron chi connectivity index (χ2n) is 5.18. The Kier molecular flexibility index (Phi) is 6.69. The van der Waals surface area contributed by atoms with Gasteiger partial charge in [0.1, 0.15) is 0 Å². The Morgan fingerprint density at radius 1 is 1.38 bits per heavy atom. The van der Waals surface area contributed by atoms with Gasteiger partial charge in [0.2, 0.25) is 11.8 Å². The molecule has 0 aliphatic heterocycles. The van der Waals surface area contributed by atoms with E-state index in [4.69, 9.17) is 0 Å². The molecule has 1 aromatic heterocycles. The largest absolute Gasteiger partial charge is 0.342 e. The van der Waals surface area contributed by atoms with Crippen LogP contribution in [0, 0.1) is 0 Å². The molecule has 24 heavy (non-hydrogen) atoms. The van der Waals surface area contributed by atoms with Gasteiger partial charge in [0, 0.05) is 36.8 Å². The normalized spacial score (nSPS) is 10.2. The van der Waals surface area contributed by atoms with Gasteiger partial charge in [-0.1, -0.05) is 24.8 Å². The third kappa shape index (κ3) is 5.03. The number of carbonyl (C=O) groups is 2. The fourth-order valence-corrected chi connectivity index (χ4v) is 2.93. The third-order valence-electron chi connectivity index (χ3n) is 3.62. The van der Waals surface area contributed by atoms with Crippen molar-refractivity contribution in [3.05, 3.63) is 59.1 Å². The van der Waals surface area contributed by atoms with Crippen molar-refractivity contribution < 1.29 is 9.59 Å². The maximum atomic E-state index is 12.6. The first-order valence-electron chi connectivity index (χ1n) is 7.81. The molecule has 0 aliphatic carbocycles. The van der Waals surface area contributed by atoms with E-state index in [1.54, 1.807) is 23.6 Å². The molecule has 0 bridgehead atoms. The van der Waals surface area contributed by atoms with Gasteiger partial charge in [0.15, 0.2) is 0 Å². The van der Waals surface area contributed by atoms with Gasteiger partial charge < -0.3 is 10.2 Å². The predicted molar refractivity (Wildman–Crippen MR) is 97.0 cm³/mol. The lowest BCUT2D eigenvalue weighted by molar-refractivity contribution is -0.130. The van der Waals surface area contributed by atoms with Crippen LogP contribution in [-0.4, -0.2) is 34.8 Å². The van der Waals surface area contributed by atoms with E-state index in [1.165, 1.54) is 6.08 Å². The van der Waals surface area contributed by atoms with Crippen molar-refractivity contribution in [3.63, 3.8) is 0 Å². The molecule has 1 aromatic carbocycles. The molecule has 6 heteroatoms. The van der Waals surface area contributed by atoms with Gasteiger partial charge in [-0.3, -0.25) is 9.59 Å². The van der Waals surface area contributed by atoms with E-state index in [2.05, 4.69) is 16.9 Å². The molecule has 2 rings (SSSR count). The lowest BCUT2D eigenvalue weighted by Gasteiger charge is -2.21. The average molecular weight is 343 g/mol. The number of benzene rings is 1. The zero-order chi connectivity index (χ0) is 17.4. The Morgan fingerprint density at radius 3 is 2.83 bits per heavy atom. The number of rotatable bonds is 8. The number of amides is 2. The molecule has 0 spiro atoms. The van der Waals surface area contributed by atoms with Crippen LogP contribution in [0.25, 0.3) is 0 Å². The van der Waals surface area contributed by atoms with E-state index < -0.39 is 0 Å². The van der Waals surface area contributed by atoms with Gasteiger partial charge in [-0.05, 0) is 24.6 Å². The molecule has 0 atom stereocenters. The minimum atomic E-state index is -0.286. The summed E-state index contributed by atoms with van der Waals surface area (Å²) in [6.07, 6.45) is 3.99. The average Bonchev–Trinajstić information content (AvgIpc) is 3.10. The number of carbonyl (C=O) groups excluding carboxylic acids is 2. The maximum absolute atomic E-state index is 12.6. The highest BCUT2D eigenvalue weighted by Crippen LogP contribution is 2.17. The Balaban J connectivity index is 2.01. The molecule has 5 nitrogen and oxygen atoms in total. The fourth-order valence-electron chi connectivity index (χ4n) is 2.32. The molecular formula is C18H21N3O2S. The van der Waals surface area contributed by atoms with E-state index in [1.807, 2.05) is 35.4 Å². The summed E-state index contributed by atoms with van der Waals surface area (Å²) in [5.41, 5.74) is 1.44. The fraction of sp³-hybridized carbons (Fsp3) is 0.278. The van der Waals surface area contributed by atoms with Crippen molar-refractivity contribution in [2.24, 2.45) is 0 Å².